The molecular formula is C13H18N. The third kappa shape index (κ3) is 2.58. The van der Waals surface area contributed by atoms with E-state index >= 15 is 0 Å². The van der Waals surface area contributed by atoms with Crippen molar-refractivity contribution in [2.75, 3.05) is 13.1 Å². The monoisotopic (exact) mass is 188 g/mol. The van der Waals surface area contributed by atoms with Crippen LogP contribution >= 0.6 is 0 Å². The molecule has 0 amide bonds. The van der Waals surface area contributed by atoms with Gasteiger partial charge in [-0.1, -0.05) is 37.3 Å². The minimum absolute atomic E-state index is 0.807. The highest BCUT2D eigenvalue weighted by Crippen LogP contribution is 2.16. The molecule has 0 aliphatic carbocycles. The predicted molar refractivity (Wildman–Crippen MR) is 59.8 cm³/mol. The van der Waals surface area contributed by atoms with Crippen LogP contribution in [0.2, 0.25) is 0 Å². The molecule has 2 rings (SSSR count). The lowest BCUT2D eigenvalue weighted by molar-refractivity contribution is 0.228. The van der Waals surface area contributed by atoms with Gasteiger partial charge in [0.1, 0.15) is 0 Å². The van der Waals surface area contributed by atoms with E-state index in [-0.39, 0.29) is 0 Å². The Morgan fingerprint density at radius 2 is 2.07 bits per heavy atom. The third-order valence-electron chi connectivity index (χ3n) is 2.92. The normalized spacial score (nSPS) is 19.8. The Bertz CT molecular complexity index is 260. The fourth-order valence-electron chi connectivity index (χ4n) is 1.91. The largest absolute Gasteiger partial charge is 0.299 e. The van der Waals surface area contributed by atoms with Gasteiger partial charge in [0.05, 0.1) is 0 Å². The Balaban J connectivity index is 1.87. The molecule has 1 aliphatic heterocycles. The second-order valence-electron chi connectivity index (χ2n) is 4.22. The molecule has 0 spiro atoms. The molecule has 0 N–H and O–H groups in total. The maximum absolute atomic E-state index is 2.51. The quantitative estimate of drug-likeness (QED) is 0.689. The van der Waals surface area contributed by atoms with E-state index in [0.717, 1.165) is 19.0 Å². The fraction of sp³-hybridized carbons (Fsp3) is 0.462. The summed E-state index contributed by atoms with van der Waals surface area (Å²) in [6.45, 7) is 5.80. The zero-order valence-electron chi connectivity index (χ0n) is 8.82. The Hall–Kier alpha value is -0.820. The first-order chi connectivity index (χ1) is 6.84. The first-order valence-electron chi connectivity index (χ1n) is 5.44. The standard InChI is InChI=1S/C13H18N/c1-12-7-9-14(10-8-12)11-13-5-3-2-4-6-13/h2-7,12H,8-11H2,1H3. The smallest absolute Gasteiger partial charge is 0.0233 e. The maximum atomic E-state index is 2.51. The predicted octanol–water partition coefficient (Wildman–Crippen LogP) is 2.73. The van der Waals surface area contributed by atoms with Gasteiger partial charge in [0, 0.05) is 13.1 Å². The summed E-state index contributed by atoms with van der Waals surface area (Å²) in [4.78, 5) is 2.51. The van der Waals surface area contributed by atoms with Crippen molar-refractivity contribution in [2.45, 2.75) is 19.9 Å². The molecule has 1 atom stereocenters. The maximum Gasteiger partial charge on any atom is 0.0233 e. The molecule has 1 aliphatic rings. The molecule has 1 radical (unpaired) electrons. The van der Waals surface area contributed by atoms with Gasteiger partial charge in [-0.25, -0.2) is 0 Å². The lowest BCUT2D eigenvalue weighted by Gasteiger charge is -2.29. The van der Waals surface area contributed by atoms with E-state index in [1.807, 2.05) is 0 Å². The molecule has 1 aromatic carbocycles. The number of benzene rings is 1. The number of likely N-dealkylation sites (tertiary alicyclic amines) is 1. The van der Waals surface area contributed by atoms with Crippen LogP contribution in [-0.2, 0) is 6.54 Å². The van der Waals surface area contributed by atoms with Crippen molar-refractivity contribution in [1.82, 2.24) is 4.90 Å². The lowest BCUT2D eigenvalue weighted by Crippen LogP contribution is -2.32. The highest BCUT2D eigenvalue weighted by molar-refractivity contribution is 5.14. The van der Waals surface area contributed by atoms with Gasteiger partial charge in [-0.15, -0.1) is 0 Å². The topological polar surface area (TPSA) is 3.24 Å². The molecule has 0 bridgehead atoms. The van der Waals surface area contributed by atoms with E-state index in [9.17, 15) is 0 Å². The molecule has 1 fully saturated rings. The molecule has 1 saturated heterocycles. The number of rotatable bonds is 2. The fourth-order valence-corrected chi connectivity index (χ4v) is 1.91. The lowest BCUT2D eigenvalue weighted by atomic mass is 9.99. The highest BCUT2D eigenvalue weighted by Gasteiger charge is 2.15. The molecule has 1 heterocycles. The van der Waals surface area contributed by atoms with Crippen molar-refractivity contribution in [3.63, 3.8) is 0 Å². The zero-order valence-corrected chi connectivity index (χ0v) is 8.82. The van der Waals surface area contributed by atoms with E-state index < -0.39 is 0 Å². The summed E-state index contributed by atoms with van der Waals surface area (Å²) in [6.07, 6.45) is 3.74. The zero-order chi connectivity index (χ0) is 9.80. The van der Waals surface area contributed by atoms with Crippen molar-refractivity contribution in [3.05, 3.63) is 42.3 Å². The van der Waals surface area contributed by atoms with Crippen LogP contribution in [0, 0.1) is 12.3 Å². The van der Waals surface area contributed by atoms with Crippen LogP contribution in [0.15, 0.2) is 30.3 Å². The Kier molecular flexibility index (Phi) is 3.20. The van der Waals surface area contributed by atoms with Gasteiger partial charge < -0.3 is 0 Å². The van der Waals surface area contributed by atoms with E-state index in [4.69, 9.17) is 0 Å². The summed E-state index contributed by atoms with van der Waals surface area (Å²) in [5, 5.41) is 0. The summed E-state index contributed by atoms with van der Waals surface area (Å²) < 4.78 is 0. The van der Waals surface area contributed by atoms with Crippen molar-refractivity contribution < 1.29 is 0 Å². The molecule has 1 unspecified atom stereocenters. The number of hydrogen-bond donors (Lipinski definition) is 0. The van der Waals surface area contributed by atoms with Crippen molar-refractivity contribution in [2.24, 2.45) is 5.92 Å². The van der Waals surface area contributed by atoms with Crippen LogP contribution in [0.3, 0.4) is 0 Å². The van der Waals surface area contributed by atoms with Gasteiger partial charge in [0.15, 0.2) is 0 Å². The number of hydrogen-bond acceptors (Lipinski definition) is 1. The van der Waals surface area contributed by atoms with Crippen LogP contribution in [-0.4, -0.2) is 18.0 Å². The minimum atomic E-state index is 0.807. The SMILES string of the molecule is CC1[CH]CN(Cc2ccccc2)CC1. The first-order valence-corrected chi connectivity index (χ1v) is 5.44. The van der Waals surface area contributed by atoms with E-state index in [0.29, 0.717) is 0 Å². The molecule has 0 aromatic heterocycles. The molecule has 1 nitrogen and oxygen atoms in total. The molecular weight excluding hydrogens is 170 g/mol. The van der Waals surface area contributed by atoms with Gasteiger partial charge in [0.2, 0.25) is 0 Å². The molecule has 1 aromatic rings. The molecule has 1 heteroatoms. The summed E-state index contributed by atoms with van der Waals surface area (Å²) >= 11 is 0. The first kappa shape index (κ1) is 9.72. The minimum Gasteiger partial charge on any atom is -0.299 e. The van der Waals surface area contributed by atoms with E-state index in [1.165, 1.54) is 18.5 Å². The summed E-state index contributed by atoms with van der Waals surface area (Å²) in [7, 11) is 0. The second kappa shape index (κ2) is 4.61. The van der Waals surface area contributed by atoms with Crippen molar-refractivity contribution in [1.29, 1.82) is 0 Å². The molecule has 0 saturated carbocycles. The van der Waals surface area contributed by atoms with Crippen LogP contribution < -0.4 is 0 Å². The average molecular weight is 188 g/mol. The van der Waals surface area contributed by atoms with Crippen LogP contribution in [0.1, 0.15) is 18.9 Å². The van der Waals surface area contributed by atoms with Crippen molar-refractivity contribution >= 4 is 0 Å². The van der Waals surface area contributed by atoms with Crippen LogP contribution in [0.5, 0.6) is 0 Å². The van der Waals surface area contributed by atoms with Crippen LogP contribution in [0.25, 0.3) is 0 Å². The number of nitrogens with zero attached hydrogens (tertiary/aromatic N) is 1. The van der Waals surface area contributed by atoms with Crippen molar-refractivity contribution in [3.8, 4) is 0 Å². The van der Waals surface area contributed by atoms with Gasteiger partial charge in [-0.05, 0) is 30.9 Å². The average Bonchev–Trinajstić information content (AvgIpc) is 2.23. The summed E-state index contributed by atoms with van der Waals surface area (Å²) in [5.41, 5.74) is 1.43. The van der Waals surface area contributed by atoms with Crippen LogP contribution in [0.4, 0.5) is 0 Å². The molecule has 75 valence electrons. The van der Waals surface area contributed by atoms with Gasteiger partial charge in [-0.2, -0.15) is 0 Å². The second-order valence-corrected chi connectivity index (χ2v) is 4.22. The summed E-state index contributed by atoms with van der Waals surface area (Å²) in [6, 6.07) is 10.7. The highest BCUT2D eigenvalue weighted by atomic mass is 15.1. The Labute approximate surface area is 86.7 Å². The molecule has 14 heavy (non-hydrogen) atoms. The van der Waals surface area contributed by atoms with Gasteiger partial charge in [-0.3, -0.25) is 4.90 Å². The van der Waals surface area contributed by atoms with E-state index in [2.05, 4.69) is 48.6 Å². The Morgan fingerprint density at radius 3 is 2.71 bits per heavy atom. The van der Waals surface area contributed by atoms with E-state index in [1.54, 1.807) is 0 Å². The Morgan fingerprint density at radius 1 is 1.29 bits per heavy atom. The van der Waals surface area contributed by atoms with Gasteiger partial charge in [0.25, 0.3) is 0 Å². The third-order valence-corrected chi connectivity index (χ3v) is 2.92. The summed E-state index contributed by atoms with van der Waals surface area (Å²) in [5.74, 6) is 0.807. The van der Waals surface area contributed by atoms with Gasteiger partial charge >= 0.3 is 0 Å². The number of piperidine rings is 1.